The molecule has 1 aromatic carbocycles. The van der Waals surface area contributed by atoms with Gasteiger partial charge < -0.3 is 14.5 Å². The van der Waals surface area contributed by atoms with E-state index in [2.05, 4.69) is 63.6 Å². The summed E-state index contributed by atoms with van der Waals surface area (Å²) in [7, 11) is 2.20. The Morgan fingerprint density at radius 3 is 2.88 bits per heavy atom. The summed E-state index contributed by atoms with van der Waals surface area (Å²) in [5.41, 5.74) is 6.38. The van der Waals surface area contributed by atoms with E-state index in [4.69, 9.17) is 4.74 Å². The van der Waals surface area contributed by atoms with E-state index in [0.717, 1.165) is 45.0 Å². The SMILES string of the molecule is CN1Cc2cc(N3CCOCC3)ccc2C(c2ccn3cnnc3c2)C1. The molecule has 2 aliphatic rings. The molecule has 1 saturated heterocycles. The maximum atomic E-state index is 5.49. The number of aromatic nitrogens is 3. The lowest BCUT2D eigenvalue weighted by Gasteiger charge is -2.35. The van der Waals surface area contributed by atoms with Crippen LogP contribution < -0.4 is 4.90 Å². The van der Waals surface area contributed by atoms with Crippen molar-refractivity contribution in [3.63, 3.8) is 0 Å². The molecule has 4 heterocycles. The summed E-state index contributed by atoms with van der Waals surface area (Å²) in [6.45, 7) is 5.60. The highest BCUT2D eigenvalue weighted by molar-refractivity contribution is 5.55. The van der Waals surface area contributed by atoms with E-state index in [-0.39, 0.29) is 0 Å². The number of anilines is 1. The van der Waals surface area contributed by atoms with Crippen molar-refractivity contribution < 1.29 is 4.74 Å². The van der Waals surface area contributed by atoms with Gasteiger partial charge in [-0.25, -0.2) is 0 Å². The summed E-state index contributed by atoms with van der Waals surface area (Å²) in [6, 6.07) is 11.3. The van der Waals surface area contributed by atoms with Gasteiger partial charge in [0.05, 0.1) is 13.2 Å². The molecule has 134 valence electrons. The first-order chi connectivity index (χ1) is 12.8. The van der Waals surface area contributed by atoms with Crippen molar-refractivity contribution in [2.24, 2.45) is 0 Å². The number of fused-ring (bicyclic) bond motifs is 2. The van der Waals surface area contributed by atoms with Crippen molar-refractivity contribution in [2.75, 3.05) is 44.8 Å². The van der Waals surface area contributed by atoms with Gasteiger partial charge in [0, 0.05) is 44.0 Å². The second kappa shape index (κ2) is 6.37. The monoisotopic (exact) mass is 349 g/mol. The van der Waals surface area contributed by atoms with Crippen LogP contribution in [0.4, 0.5) is 5.69 Å². The Kier molecular flexibility index (Phi) is 3.87. The number of hydrogen-bond acceptors (Lipinski definition) is 5. The Morgan fingerprint density at radius 2 is 2.00 bits per heavy atom. The minimum Gasteiger partial charge on any atom is -0.378 e. The van der Waals surface area contributed by atoms with E-state index < -0.39 is 0 Å². The molecule has 0 N–H and O–H groups in total. The summed E-state index contributed by atoms with van der Waals surface area (Å²) in [5.74, 6) is 0.365. The predicted molar refractivity (Wildman–Crippen MR) is 101 cm³/mol. The van der Waals surface area contributed by atoms with Crippen LogP contribution in [0.2, 0.25) is 0 Å². The van der Waals surface area contributed by atoms with Crippen molar-refractivity contribution in [2.45, 2.75) is 12.5 Å². The zero-order valence-corrected chi connectivity index (χ0v) is 15.0. The molecule has 26 heavy (non-hydrogen) atoms. The number of ether oxygens (including phenoxy) is 1. The average molecular weight is 349 g/mol. The largest absolute Gasteiger partial charge is 0.378 e. The molecule has 2 aliphatic heterocycles. The fourth-order valence-corrected chi connectivity index (χ4v) is 4.19. The van der Waals surface area contributed by atoms with Crippen LogP contribution in [0.1, 0.15) is 22.6 Å². The molecule has 0 radical (unpaired) electrons. The number of rotatable bonds is 2. The molecule has 6 heteroatoms. The second-order valence-corrected chi connectivity index (χ2v) is 7.29. The van der Waals surface area contributed by atoms with Gasteiger partial charge in [-0.15, -0.1) is 10.2 Å². The zero-order valence-electron chi connectivity index (χ0n) is 15.0. The Bertz CT molecular complexity index is 931. The highest BCUT2D eigenvalue weighted by atomic mass is 16.5. The molecule has 0 spiro atoms. The Morgan fingerprint density at radius 1 is 1.12 bits per heavy atom. The lowest BCUT2D eigenvalue weighted by Crippen LogP contribution is -2.36. The molecule has 6 nitrogen and oxygen atoms in total. The third-order valence-corrected chi connectivity index (χ3v) is 5.54. The predicted octanol–water partition coefficient (Wildman–Crippen LogP) is 2.14. The topological polar surface area (TPSA) is 45.9 Å². The molecule has 1 unspecified atom stereocenters. The summed E-state index contributed by atoms with van der Waals surface area (Å²) >= 11 is 0. The Labute approximate surface area is 153 Å². The van der Waals surface area contributed by atoms with E-state index in [0.29, 0.717) is 5.92 Å². The maximum Gasteiger partial charge on any atom is 0.160 e. The van der Waals surface area contributed by atoms with Crippen LogP contribution in [-0.2, 0) is 11.3 Å². The van der Waals surface area contributed by atoms with Crippen LogP contribution in [0.5, 0.6) is 0 Å². The molecule has 3 aromatic rings. The minimum absolute atomic E-state index is 0.365. The van der Waals surface area contributed by atoms with E-state index >= 15 is 0 Å². The molecule has 5 rings (SSSR count). The Balaban J connectivity index is 1.52. The summed E-state index contributed by atoms with van der Waals surface area (Å²) < 4.78 is 7.45. The standard InChI is InChI=1S/C20H23N5O/c1-23-12-16-10-17(24-6-8-26-9-7-24)2-3-18(16)19(13-23)15-4-5-25-14-21-22-20(25)11-15/h2-5,10-11,14,19H,6-9,12-13H2,1H3. The van der Waals surface area contributed by atoms with E-state index in [1.807, 2.05) is 4.40 Å². The van der Waals surface area contributed by atoms with Crippen molar-refractivity contribution in [1.82, 2.24) is 19.5 Å². The van der Waals surface area contributed by atoms with Crippen LogP contribution in [0.3, 0.4) is 0 Å². The normalized spacial score (nSPS) is 21.1. The fraction of sp³-hybridized carbons (Fsp3) is 0.400. The quantitative estimate of drug-likeness (QED) is 0.709. The lowest BCUT2D eigenvalue weighted by atomic mass is 9.85. The van der Waals surface area contributed by atoms with Crippen LogP contribution in [0.25, 0.3) is 5.65 Å². The van der Waals surface area contributed by atoms with Gasteiger partial charge in [0.2, 0.25) is 0 Å². The number of pyridine rings is 1. The van der Waals surface area contributed by atoms with Gasteiger partial charge in [-0.05, 0) is 48.0 Å². The first kappa shape index (κ1) is 15.8. The third-order valence-electron chi connectivity index (χ3n) is 5.54. The van der Waals surface area contributed by atoms with Gasteiger partial charge in [-0.3, -0.25) is 4.40 Å². The zero-order chi connectivity index (χ0) is 17.5. The fourth-order valence-electron chi connectivity index (χ4n) is 4.19. The number of hydrogen-bond donors (Lipinski definition) is 0. The van der Waals surface area contributed by atoms with Gasteiger partial charge in [0.25, 0.3) is 0 Å². The van der Waals surface area contributed by atoms with Crippen molar-refractivity contribution in [3.8, 4) is 0 Å². The number of benzene rings is 1. The first-order valence-corrected chi connectivity index (χ1v) is 9.21. The van der Waals surface area contributed by atoms with E-state index in [1.54, 1.807) is 6.33 Å². The molecule has 0 saturated carbocycles. The van der Waals surface area contributed by atoms with E-state index in [9.17, 15) is 0 Å². The summed E-state index contributed by atoms with van der Waals surface area (Å²) in [4.78, 5) is 4.83. The Hall–Kier alpha value is -2.44. The molecular formula is C20H23N5O. The first-order valence-electron chi connectivity index (χ1n) is 9.21. The third kappa shape index (κ3) is 2.75. The number of nitrogens with zero attached hydrogens (tertiary/aromatic N) is 5. The van der Waals surface area contributed by atoms with Crippen molar-refractivity contribution in [3.05, 3.63) is 59.5 Å². The van der Waals surface area contributed by atoms with Gasteiger partial charge in [0.1, 0.15) is 6.33 Å². The second-order valence-electron chi connectivity index (χ2n) is 7.29. The minimum atomic E-state index is 0.365. The summed E-state index contributed by atoms with van der Waals surface area (Å²) in [5, 5.41) is 8.20. The maximum absolute atomic E-state index is 5.49. The van der Waals surface area contributed by atoms with Crippen molar-refractivity contribution in [1.29, 1.82) is 0 Å². The van der Waals surface area contributed by atoms with Gasteiger partial charge in [-0.1, -0.05) is 6.07 Å². The molecule has 1 fully saturated rings. The molecule has 1 atom stereocenters. The highest BCUT2D eigenvalue weighted by Crippen LogP contribution is 2.35. The smallest absolute Gasteiger partial charge is 0.160 e. The summed E-state index contributed by atoms with van der Waals surface area (Å²) in [6.07, 6.45) is 3.80. The lowest BCUT2D eigenvalue weighted by molar-refractivity contribution is 0.122. The molecule has 0 amide bonds. The van der Waals surface area contributed by atoms with Crippen LogP contribution in [0, 0.1) is 0 Å². The highest BCUT2D eigenvalue weighted by Gasteiger charge is 2.26. The van der Waals surface area contributed by atoms with Gasteiger partial charge in [-0.2, -0.15) is 0 Å². The van der Waals surface area contributed by atoms with Crippen molar-refractivity contribution >= 4 is 11.3 Å². The van der Waals surface area contributed by atoms with Gasteiger partial charge in [0.15, 0.2) is 5.65 Å². The van der Waals surface area contributed by atoms with E-state index in [1.165, 1.54) is 22.4 Å². The number of morpholine rings is 1. The van der Waals surface area contributed by atoms with Crippen LogP contribution >= 0.6 is 0 Å². The average Bonchev–Trinajstić information content (AvgIpc) is 3.15. The molecule has 0 bridgehead atoms. The van der Waals surface area contributed by atoms with Crippen LogP contribution in [-0.4, -0.2) is 59.4 Å². The van der Waals surface area contributed by atoms with Crippen LogP contribution in [0.15, 0.2) is 42.9 Å². The number of likely N-dealkylation sites (N-methyl/N-ethyl adjacent to an activating group) is 1. The van der Waals surface area contributed by atoms with Gasteiger partial charge >= 0.3 is 0 Å². The molecule has 2 aromatic heterocycles. The molecular weight excluding hydrogens is 326 g/mol. The molecule has 0 aliphatic carbocycles.